The van der Waals surface area contributed by atoms with Crippen LogP contribution in [0.4, 0.5) is 9.59 Å². The molecule has 0 heterocycles. The van der Waals surface area contributed by atoms with Crippen molar-refractivity contribution in [1.82, 2.24) is 15.5 Å². The average Bonchev–Trinajstić information content (AvgIpc) is 2.74. The zero-order valence-electron chi connectivity index (χ0n) is 19.0. The molecule has 1 unspecified atom stereocenters. The summed E-state index contributed by atoms with van der Waals surface area (Å²) in [6.07, 6.45) is 8.33. The molecule has 0 radical (unpaired) electrons. The van der Waals surface area contributed by atoms with Gasteiger partial charge in [-0.15, -0.1) is 0 Å². The maximum absolute atomic E-state index is 11.7. The van der Waals surface area contributed by atoms with Gasteiger partial charge in [0.05, 0.1) is 6.10 Å². The number of alkyl carbamates (subject to hydrolysis) is 2. The number of nitrogens with zero attached hydrogens (tertiary/aromatic N) is 1. The number of hydrogen-bond donors (Lipinski definition) is 3. The van der Waals surface area contributed by atoms with Crippen molar-refractivity contribution < 1.29 is 24.2 Å². The van der Waals surface area contributed by atoms with E-state index in [0.29, 0.717) is 38.6 Å². The molecule has 8 nitrogen and oxygen atoms in total. The molecular formula is C22H43N3O5. The molecule has 30 heavy (non-hydrogen) atoms. The van der Waals surface area contributed by atoms with E-state index in [1.807, 2.05) is 4.90 Å². The molecule has 1 saturated carbocycles. The molecule has 0 aliphatic heterocycles. The molecule has 8 heteroatoms. The standard InChI is InChI=1S/C22H43N3O5/c1-3-5-12-23-21(27)29-16-14-25(15-17-30-22(28)24-13-6-4-2)18-20(26)19-10-8-7-9-11-19/h19-20,26H,3-18H2,1-2H3,(H,23,27)(H,24,28). The van der Waals surface area contributed by atoms with E-state index < -0.39 is 18.3 Å². The minimum absolute atomic E-state index is 0.234. The Morgan fingerprint density at radius 2 is 1.43 bits per heavy atom. The molecule has 3 N–H and O–H groups in total. The largest absolute Gasteiger partial charge is 0.448 e. The maximum atomic E-state index is 11.7. The highest BCUT2D eigenvalue weighted by atomic mass is 16.6. The van der Waals surface area contributed by atoms with Crippen molar-refractivity contribution in [3.05, 3.63) is 0 Å². The first-order valence-corrected chi connectivity index (χ1v) is 11.8. The highest BCUT2D eigenvalue weighted by Gasteiger charge is 2.24. The lowest BCUT2D eigenvalue weighted by molar-refractivity contribution is 0.0331. The lowest BCUT2D eigenvalue weighted by Crippen LogP contribution is -2.41. The van der Waals surface area contributed by atoms with E-state index in [0.717, 1.165) is 38.5 Å². The fourth-order valence-corrected chi connectivity index (χ4v) is 3.60. The molecule has 0 aromatic rings. The highest BCUT2D eigenvalue weighted by Crippen LogP contribution is 2.26. The summed E-state index contributed by atoms with van der Waals surface area (Å²) in [5.41, 5.74) is 0. The summed E-state index contributed by atoms with van der Waals surface area (Å²) in [5.74, 6) is 0.317. The molecule has 0 aromatic heterocycles. The smallest absolute Gasteiger partial charge is 0.407 e. The third kappa shape index (κ3) is 12.9. The van der Waals surface area contributed by atoms with Gasteiger partial charge in [-0.05, 0) is 31.6 Å². The van der Waals surface area contributed by atoms with Gasteiger partial charge >= 0.3 is 12.2 Å². The first kappa shape index (κ1) is 26.5. The molecule has 1 fully saturated rings. The number of carbonyl (C=O) groups is 2. The zero-order chi connectivity index (χ0) is 22.0. The Morgan fingerprint density at radius 1 is 0.933 bits per heavy atom. The van der Waals surface area contributed by atoms with Crippen molar-refractivity contribution in [2.75, 3.05) is 45.9 Å². The number of aliphatic hydroxyl groups is 1. The van der Waals surface area contributed by atoms with Crippen LogP contribution < -0.4 is 10.6 Å². The predicted octanol–water partition coefficient (Wildman–Crippen LogP) is 3.28. The van der Waals surface area contributed by atoms with Crippen molar-refractivity contribution in [3.63, 3.8) is 0 Å². The van der Waals surface area contributed by atoms with Gasteiger partial charge in [0.25, 0.3) is 0 Å². The Morgan fingerprint density at radius 3 is 1.90 bits per heavy atom. The number of amides is 2. The third-order valence-corrected chi connectivity index (χ3v) is 5.52. The van der Waals surface area contributed by atoms with Crippen LogP contribution in [0.5, 0.6) is 0 Å². The fraction of sp³-hybridized carbons (Fsp3) is 0.909. The molecule has 1 aliphatic carbocycles. The lowest BCUT2D eigenvalue weighted by atomic mass is 9.85. The molecule has 1 atom stereocenters. The number of rotatable bonds is 15. The SMILES string of the molecule is CCCCNC(=O)OCCN(CCOC(=O)NCCCC)CC(O)C1CCCCC1. The molecule has 0 spiro atoms. The first-order valence-electron chi connectivity index (χ1n) is 11.8. The van der Waals surface area contributed by atoms with Gasteiger partial charge in [0.15, 0.2) is 0 Å². The molecule has 2 amide bonds. The van der Waals surface area contributed by atoms with E-state index in [4.69, 9.17) is 9.47 Å². The summed E-state index contributed by atoms with van der Waals surface area (Å²) in [6.45, 7) is 7.30. The average molecular weight is 430 g/mol. The van der Waals surface area contributed by atoms with Crippen LogP contribution in [0, 0.1) is 5.92 Å². The van der Waals surface area contributed by atoms with Gasteiger partial charge < -0.3 is 25.2 Å². The quantitative estimate of drug-likeness (QED) is 0.346. The monoisotopic (exact) mass is 429 g/mol. The topological polar surface area (TPSA) is 100 Å². The Balaban J connectivity index is 2.39. The molecule has 0 saturated heterocycles. The summed E-state index contributed by atoms with van der Waals surface area (Å²) < 4.78 is 10.5. The summed E-state index contributed by atoms with van der Waals surface area (Å²) in [7, 11) is 0. The number of ether oxygens (including phenoxy) is 2. The number of nitrogens with one attached hydrogen (secondary N) is 2. The van der Waals surface area contributed by atoms with Crippen molar-refractivity contribution >= 4 is 12.2 Å². The zero-order valence-corrected chi connectivity index (χ0v) is 19.0. The normalized spacial score (nSPS) is 15.6. The van der Waals surface area contributed by atoms with Gasteiger partial charge in [-0.3, -0.25) is 4.90 Å². The number of hydrogen-bond acceptors (Lipinski definition) is 6. The second kappa shape index (κ2) is 17.2. The molecular weight excluding hydrogens is 386 g/mol. The predicted molar refractivity (Wildman–Crippen MR) is 118 cm³/mol. The van der Waals surface area contributed by atoms with Gasteiger partial charge in [0, 0.05) is 32.7 Å². The Kier molecular flexibility index (Phi) is 15.2. The summed E-state index contributed by atoms with van der Waals surface area (Å²) >= 11 is 0. The number of unbranched alkanes of at least 4 members (excludes halogenated alkanes) is 2. The first-order chi connectivity index (χ1) is 14.6. The molecule has 176 valence electrons. The van der Waals surface area contributed by atoms with E-state index in [2.05, 4.69) is 24.5 Å². The van der Waals surface area contributed by atoms with E-state index in [9.17, 15) is 14.7 Å². The Labute approximate surface area is 182 Å². The van der Waals surface area contributed by atoms with Crippen LogP contribution in [-0.4, -0.2) is 74.2 Å². The van der Waals surface area contributed by atoms with Gasteiger partial charge in [-0.25, -0.2) is 9.59 Å². The minimum Gasteiger partial charge on any atom is -0.448 e. The van der Waals surface area contributed by atoms with Gasteiger partial charge in [-0.2, -0.15) is 0 Å². The maximum Gasteiger partial charge on any atom is 0.407 e. The second-order valence-corrected chi connectivity index (χ2v) is 8.10. The van der Waals surface area contributed by atoms with Gasteiger partial charge in [0.1, 0.15) is 13.2 Å². The van der Waals surface area contributed by atoms with Crippen LogP contribution in [0.25, 0.3) is 0 Å². The molecule has 1 rings (SSSR count). The summed E-state index contributed by atoms with van der Waals surface area (Å²) in [5, 5.41) is 16.1. The van der Waals surface area contributed by atoms with E-state index in [-0.39, 0.29) is 13.2 Å². The highest BCUT2D eigenvalue weighted by molar-refractivity contribution is 5.67. The Hall–Kier alpha value is -1.54. The van der Waals surface area contributed by atoms with E-state index in [1.165, 1.54) is 19.3 Å². The molecule has 1 aliphatic rings. The van der Waals surface area contributed by atoms with Gasteiger partial charge in [-0.1, -0.05) is 46.0 Å². The van der Waals surface area contributed by atoms with Crippen molar-refractivity contribution in [3.8, 4) is 0 Å². The van der Waals surface area contributed by atoms with Crippen LogP contribution in [0.2, 0.25) is 0 Å². The Bertz CT molecular complexity index is 430. The van der Waals surface area contributed by atoms with E-state index in [1.54, 1.807) is 0 Å². The van der Waals surface area contributed by atoms with Crippen LogP contribution in [0.3, 0.4) is 0 Å². The fourth-order valence-electron chi connectivity index (χ4n) is 3.60. The summed E-state index contributed by atoms with van der Waals surface area (Å²) in [6, 6.07) is 0. The lowest BCUT2D eigenvalue weighted by Gasteiger charge is -2.31. The summed E-state index contributed by atoms with van der Waals surface area (Å²) in [4.78, 5) is 25.4. The van der Waals surface area contributed by atoms with Crippen LogP contribution in [-0.2, 0) is 9.47 Å². The molecule has 0 bridgehead atoms. The van der Waals surface area contributed by atoms with Crippen molar-refractivity contribution in [2.45, 2.75) is 77.7 Å². The second-order valence-electron chi connectivity index (χ2n) is 8.10. The van der Waals surface area contributed by atoms with E-state index >= 15 is 0 Å². The molecule has 0 aromatic carbocycles. The van der Waals surface area contributed by atoms with Crippen LogP contribution >= 0.6 is 0 Å². The van der Waals surface area contributed by atoms with Crippen molar-refractivity contribution in [2.24, 2.45) is 5.92 Å². The van der Waals surface area contributed by atoms with Crippen LogP contribution in [0.15, 0.2) is 0 Å². The number of carbonyl (C=O) groups excluding carboxylic acids is 2. The van der Waals surface area contributed by atoms with Crippen molar-refractivity contribution in [1.29, 1.82) is 0 Å². The minimum atomic E-state index is -0.415. The van der Waals surface area contributed by atoms with Crippen LogP contribution in [0.1, 0.15) is 71.6 Å². The number of aliphatic hydroxyl groups excluding tert-OH is 1. The third-order valence-electron chi connectivity index (χ3n) is 5.52. The van der Waals surface area contributed by atoms with Gasteiger partial charge in [0.2, 0.25) is 0 Å².